The zero-order valence-corrected chi connectivity index (χ0v) is 18.3. The summed E-state index contributed by atoms with van der Waals surface area (Å²) in [4.78, 5) is 0. The summed E-state index contributed by atoms with van der Waals surface area (Å²) >= 11 is 0. The van der Waals surface area contributed by atoms with E-state index in [1.54, 1.807) is 0 Å². The van der Waals surface area contributed by atoms with Gasteiger partial charge in [-0.2, -0.15) is 4.57 Å². The molecule has 2 aromatic heterocycles. The molecular weight excluding hydrogens is 364 g/mol. The van der Waals surface area contributed by atoms with Gasteiger partial charge >= 0.3 is 0 Å². The highest BCUT2D eigenvalue weighted by Gasteiger charge is 2.24. The topological polar surface area (TPSA) is 8.81 Å². The van der Waals surface area contributed by atoms with Crippen LogP contribution in [0.15, 0.2) is 73.1 Å². The van der Waals surface area contributed by atoms with Crippen molar-refractivity contribution in [2.45, 2.75) is 27.7 Å². The Morgan fingerprint density at radius 3 is 2.17 bits per heavy atom. The molecule has 0 radical (unpaired) electrons. The van der Waals surface area contributed by atoms with Crippen LogP contribution in [0.1, 0.15) is 22.4 Å². The lowest BCUT2D eigenvalue weighted by Gasteiger charge is -2.16. The Balaban J connectivity index is 1.84. The van der Waals surface area contributed by atoms with Crippen molar-refractivity contribution in [1.82, 2.24) is 4.57 Å². The number of aromatic nitrogens is 2. The van der Waals surface area contributed by atoms with Crippen LogP contribution in [0.25, 0.3) is 38.5 Å². The van der Waals surface area contributed by atoms with Crippen LogP contribution in [0.4, 0.5) is 0 Å². The molecule has 2 heterocycles. The maximum absolute atomic E-state index is 2.36. The van der Waals surface area contributed by atoms with Crippen LogP contribution < -0.4 is 4.57 Å². The Kier molecular flexibility index (Phi) is 4.25. The number of rotatable bonds is 2. The molecular formula is C28H27N2+. The molecule has 0 aliphatic rings. The van der Waals surface area contributed by atoms with E-state index in [9.17, 15) is 0 Å². The first kappa shape index (κ1) is 18.6. The molecule has 0 saturated carbocycles. The number of fused-ring (bicyclic) bond motifs is 2. The number of pyridine rings is 1. The molecule has 2 nitrogen and oxygen atoms in total. The third kappa shape index (κ3) is 2.75. The summed E-state index contributed by atoms with van der Waals surface area (Å²) in [7, 11) is 2.15. The molecule has 30 heavy (non-hydrogen) atoms. The van der Waals surface area contributed by atoms with Gasteiger partial charge in [0.2, 0.25) is 5.69 Å². The van der Waals surface area contributed by atoms with Gasteiger partial charge in [0.25, 0.3) is 0 Å². The number of nitrogens with zero attached hydrogens (tertiary/aromatic N) is 2. The summed E-state index contributed by atoms with van der Waals surface area (Å²) in [6, 6.07) is 21.9. The molecule has 0 saturated heterocycles. The minimum Gasteiger partial charge on any atom is -0.349 e. The third-order valence-electron chi connectivity index (χ3n) is 6.32. The van der Waals surface area contributed by atoms with Crippen molar-refractivity contribution < 1.29 is 4.57 Å². The minimum absolute atomic E-state index is 1.24. The predicted octanol–water partition coefficient (Wildman–Crippen LogP) is 6.51. The minimum atomic E-state index is 1.24. The smallest absolute Gasteiger partial charge is 0.217 e. The van der Waals surface area contributed by atoms with Crippen molar-refractivity contribution >= 4 is 21.5 Å². The van der Waals surface area contributed by atoms with E-state index in [0.29, 0.717) is 0 Å². The molecule has 0 bridgehead atoms. The second-order valence-electron chi connectivity index (χ2n) is 8.45. The average molecular weight is 392 g/mol. The number of aryl methyl sites for hydroxylation is 4. The summed E-state index contributed by atoms with van der Waals surface area (Å²) in [6.45, 7) is 8.93. The first-order chi connectivity index (χ1) is 14.5. The highest BCUT2D eigenvalue weighted by Crippen LogP contribution is 2.37. The van der Waals surface area contributed by atoms with Crippen LogP contribution >= 0.6 is 0 Å². The van der Waals surface area contributed by atoms with E-state index in [0.717, 1.165) is 0 Å². The summed E-state index contributed by atoms with van der Waals surface area (Å²) in [5.74, 6) is 0. The van der Waals surface area contributed by atoms with Gasteiger partial charge in [0.05, 0.1) is 5.69 Å². The highest BCUT2D eigenvalue weighted by molar-refractivity contribution is 5.98. The Labute approximate surface area is 178 Å². The monoisotopic (exact) mass is 391 g/mol. The maximum atomic E-state index is 2.36. The van der Waals surface area contributed by atoms with Gasteiger partial charge in [0.1, 0.15) is 0 Å². The first-order valence-corrected chi connectivity index (χ1v) is 10.5. The Morgan fingerprint density at radius 1 is 0.733 bits per heavy atom. The van der Waals surface area contributed by atoms with Gasteiger partial charge in [0, 0.05) is 53.7 Å². The molecule has 3 aromatic carbocycles. The average Bonchev–Trinajstić information content (AvgIpc) is 3.04. The standard InChI is InChI=1S/C28H27N2/c1-18-14-19(2)27(30-17-23-11-7-6-10-22(23)15-20(30)3)21(4)26(18)28-25-13-9-8-12-24(25)16-29(28)5/h6-17H,1-5H3/q+1. The summed E-state index contributed by atoms with van der Waals surface area (Å²) < 4.78 is 4.64. The third-order valence-corrected chi connectivity index (χ3v) is 6.32. The quantitative estimate of drug-likeness (QED) is 0.303. The van der Waals surface area contributed by atoms with Crippen molar-refractivity contribution in [3.8, 4) is 16.9 Å². The molecule has 5 rings (SSSR count). The first-order valence-electron chi connectivity index (χ1n) is 10.5. The lowest BCUT2D eigenvalue weighted by Crippen LogP contribution is -2.36. The fourth-order valence-corrected chi connectivity index (χ4v) is 5.05. The van der Waals surface area contributed by atoms with E-state index in [1.807, 2.05) is 0 Å². The van der Waals surface area contributed by atoms with E-state index in [4.69, 9.17) is 0 Å². The SMILES string of the molecule is Cc1cc(C)c(-[n+]2cc3ccccc3cc2C)c(C)c1-c1c2ccccc2cn1C. The molecule has 5 aromatic rings. The van der Waals surface area contributed by atoms with Gasteiger partial charge in [-0.1, -0.05) is 42.5 Å². The predicted molar refractivity (Wildman–Crippen MR) is 126 cm³/mol. The summed E-state index contributed by atoms with van der Waals surface area (Å²) in [6.07, 6.45) is 4.51. The molecule has 0 N–H and O–H groups in total. The Hall–Kier alpha value is -3.39. The highest BCUT2D eigenvalue weighted by atomic mass is 15.0. The molecule has 2 heteroatoms. The molecule has 0 atom stereocenters. The number of hydrogen-bond acceptors (Lipinski definition) is 0. The van der Waals surface area contributed by atoms with Gasteiger partial charge in [-0.15, -0.1) is 0 Å². The van der Waals surface area contributed by atoms with Crippen LogP contribution in [0.2, 0.25) is 0 Å². The Morgan fingerprint density at radius 2 is 1.40 bits per heavy atom. The van der Waals surface area contributed by atoms with Crippen LogP contribution in [0.5, 0.6) is 0 Å². The van der Waals surface area contributed by atoms with Gasteiger partial charge in [-0.25, -0.2) is 0 Å². The Bertz CT molecular complexity index is 1440. The second-order valence-corrected chi connectivity index (χ2v) is 8.45. The number of benzene rings is 3. The van der Waals surface area contributed by atoms with E-state index in [1.165, 1.54) is 60.9 Å². The molecule has 0 aliphatic carbocycles. The van der Waals surface area contributed by atoms with Gasteiger partial charge in [-0.3, -0.25) is 0 Å². The molecule has 0 spiro atoms. The fourth-order valence-electron chi connectivity index (χ4n) is 5.05. The van der Waals surface area contributed by atoms with Crippen LogP contribution in [0, 0.1) is 27.7 Å². The van der Waals surface area contributed by atoms with E-state index in [-0.39, 0.29) is 0 Å². The fraction of sp³-hybridized carbons (Fsp3) is 0.179. The van der Waals surface area contributed by atoms with Crippen LogP contribution in [0.3, 0.4) is 0 Å². The zero-order chi connectivity index (χ0) is 21.0. The van der Waals surface area contributed by atoms with Crippen LogP contribution in [-0.2, 0) is 7.05 Å². The van der Waals surface area contributed by atoms with Crippen molar-refractivity contribution in [1.29, 1.82) is 0 Å². The lowest BCUT2D eigenvalue weighted by atomic mass is 9.93. The van der Waals surface area contributed by atoms with Crippen molar-refractivity contribution in [2.24, 2.45) is 7.05 Å². The number of hydrogen-bond donors (Lipinski definition) is 0. The normalized spacial score (nSPS) is 11.5. The largest absolute Gasteiger partial charge is 0.349 e. The van der Waals surface area contributed by atoms with E-state index in [2.05, 4.69) is 117 Å². The lowest BCUT2D eigenvalue weighted by molar-refractivity contribution is -0.602. The van der Waals surface area contributed by atoms with E-state index >= 15 is 0 Å². The summed E-state index contributed by atoms with van der Waals surface area (Å²) in [5, 5.41) is 5.13. The maximum Gasteiger partial charge on any atom is 0.217 e. The van der Waals surface area contributed by atoms with Gasteiger partial charge in [0.15, 0.2) is 11.9 Å². The van der Waals surface area contributed by atoms with Crippen LogP contribution in [-0.4, -0.2) is 4.57 Å². The molecule has 0 unspecified atom stereocenters. The molecule has 0 fully saturated rings. The van der Waals surface area contributed by atoms with Crippen molar-refractivity contribution in [2.75, 3.05) is 0 Å². The van der Waals surface area contributed by atoms with Gasteiger partial charge < -0.3 is 4.57 Å². The molecule has 0 aliphatic heterocycles. The molecule has 0 amide bonds. The zero-order valence-electron chi connectivity index (χ0n) is 18.3. The van der Waals surface area contributed by atoms with Gasteiger partial charge in [-0.05, 0) is 49.2 Å². The second kappa shape index (κ2) is 6.84. The van der Waals surface area contributed by atoms with Crippen molar-refractivity contribution in [3.05, 3.63) is 95.4 Å². The summed E-state index contributed by atoms with van der Waals surface area (Å²) in [5.41, 5.74) is 9.09. The molecule has 148 valence electrons. The van der Waals surface area contributed by atoms with E-state index < -0.39 is 0 Å². The van der Waals surface area contributed by atoms with Crippen molar-refractivity contribution in [3.63, 3.8) is 0 Å².